The second-order valence-electron chi connectivity index (χ2n) is 7.71. The Morgan fingerprint density at radius 3 is 2.21 bits per heavy atom. The number of hydrogen-bond acceptors (Lipinski definition) is 5. The van der Waals surface area contributed by atoms with Gasteiger partial charge in [0.15, 0.2) is 5.82 Å². The highest BCUT2D eigenvalue weighted by Gasteiger charge is 2.44. The van der Waals surface area contributed by atoms with E-state index in [4.69, 9.17) is 9.90 Å². The van der Waals surface area contributed by atoms with Crippen LogP contribution in [0.5, 0.6) is 0 Å². The summed E-state index contributed by atoms with van der Waals surface area (Å²) < 4.78 is 44.7. The summed E-state index contributed by atoms with van der Waals surface area (Å²) in [6.07, 6.45) is 5.39. The van der Waals surface area contributed by atoms with E-state index in [2.05, 4.69) is 19.8 Å². The van der Waals surface area contributed by atoms with E-state index in [0.717, 1.165) is 19.0 Å². The standard InChI is InChI=1S/C16H23FN4.C2HF3O2/c17-14-10-18-15(19-11-14)20-8-5-16(6-9-20)4-1-7-21(16)12-13-2-3-13;3-2(4,5)1(6)7/h10-11,13H,1-9,12H2;(H,6,7). The Kier molecular flexibility index (Phi) is 6.07. The van der Waals surface area contributed by atoms with E-state index in [1.165, 1.54) is 64.0 Å². The number of nitrogens with zero attached hydrogens (tertiary/aromatic N) is 4. The number of carboxylic acids is 1. The molecule has 28 heavy (non-hydrogen) atoms. The number of carbonyl (C=O) groups is 1. The highest BCUT2D eigenvalue weighted by atomic mass is 19.4. The lowest BCUT2D eigenvalue weighted by Gasteiger charge is -2.45. The number of likely N-dealkylation sites (tertiary alicyclic amines) is 1. The van der Waals surface area contributed by atoms with E-state index in [9.17, 15) is 17.6 Å². The van der Waals surface area contributed by atoms with Crippen molar-refractivity contribution in [1.82, 2.24) is 14.9 Å². The van der Waals surface area contributed by atoms with E-state index in [1.807, 2.05) is 0 Å². The molecule has 6 nitrogen and oxygen atoms in total. The lowest BCUT2D eigenvalue weighted by Crippen LogP contribution is -2.53. The van der Waals surface area contributed by atoms with Gasteiger partial charge in [0.05, 0.1) is 12.4 Å². The van der Waals surface area contributed by atoms with Crippen LogP contribution in [0.3, 0.4) is 0 Å². The molecule has 1 aromatic rings. The fraction of sp³-hybridized carbons (Fsp3) is 0.722. The molecule has 10 heteroatoms. The van der Waals surface area contributed by atoms with Crippen LogP contribution in [0.25, 0.3) is 0 Å². The summed E-state index contributed by atoms with van der Waals surface area (Å²) in [6, 6.07) is 0. The minimum Gasteiger partial charge on any atom is -0.475 e. The number of hydrogen-bond donors (Lipinski definition) is 1. The minimum atomic E-state index is -5.08. The zero-order chi connectivity index (χ0) is 20.4. The molecular weight excluding hydrogens is 380 g/mol. The smallest absolute Gasteiger partial charge is 0.475 e. The van der Waals surface area contributed by atoms with Gasteiger partial charge in [0.2, 0.25) is 5.95 Å². The maximum Gasteiger partial charge on any atom is 0.490 e. The van der Waals surface area contributed by atoms with E-state index in [1.54, 1.807) is 0 Å². The molecule has 1 saturated carbocycles. The summed E-state index contributed by atoms with van der Waals surface area (Å²) in [6.45, 7) is 4.58. The Morgan fingerprint density at radius 1 is 1.14 bits per heavy atom. The first kappa shape index (κ1) is 20.8. The van der Waals surface area contributed by atoms with Gasteiger partial charge in [0.25, 0.3) is 0 Å². The topological polar surface area (TPSA) is 69.6 Å². The fourth-order valence-corrected chi connectivity index (χ4v) is 4.05. The highest BCUT2D eigenvalue weighted by molar-refractivity contribution is 5.73. The molecule has 0 atom stereocenters. The SMILES string of the molecule is Fc1cnc(N2CCC3(CCCN3CC3CC3)CC2)nc1.O=C(O)C(F)(F)F. The molecule has 1 aromatic heterocycles. The van der Waals surface area contributed by atoms with Crippen molar-refractivity contribution in [2.24, 2.45) is 5.92 Å². The van der Waals surface area contributed by atoms with Gasteiger partial charge in [-0.25, -0.2) is 19.2 Å². The third-order valence-electron chi connectivity index (χ3n) is 5.74. The molecule has 3 fully saturated rings. The lowest BCUT2D eigenvalue weighted by molar-refractivity contribution is -0.192. The zero-order valence-electron chi connectivity index (χ0n) is 15.5. The molecule has 1 spiro atoms. The van der Waals surface area contributed by atoms with E-state index in [-0.39, 0.29) is 5.82 Å². The van der Waals surface area contributed by atoms with Gasteiger partial charge in [0.1, 0.15) is 0 Å². The molecule has 156 valence electrons. The molecule has 0 unspecified atom stereocenters. The number of piperidine rings is 1. The van der Waals surface area contributed by atoms with Crippen molar-refractivity contribution >= 4 is 11.9 Å². The third-order valence-corrected chi connectivity index (χ3v) is 5.74. The number of alkyl halides is 3. The van der Waals surface area contributed by atoms with Gasteiger partial charge < -0.3 is 10.0 Å². The molecule has 3 aliphatic rings. The first-order valence-corrected chi connectivity index (χ1v) is 9.47. The second kappa shape index (κ2) is 8.18. The van der Waals surface area contributed by atoms with Crippen molar-refractivity contribution in [1.29, 1.82) is 0 Å². The highest BCUT2D eigenvalue weighted by Crippen LogP contribution is 2.42. The van der Waals surface area contributed by atoms with Crippen LogP contribution in [0, 0.1) is 11.7 Å². The first-order chi connectivity index (χ1) is 13.2. The summed E-state index contributed by atoms with van der Waals surface area (Å²) in [7, 11) is 0. The zero-order valence-corrected chi connectivity index (χ0v) is 15.5. The van der Waals surface area contributed by atoms with Crippen molar-refractivity contribution in [3.8, 4) is 0 Å². The van der Waals surface area contributed by atoms with Crippen LogP contribution in [-0.2, 0) is 4.79 Å². The van der Waals surface area contributed by atoms with Gasteiger partial charge in [-0.2, -0.15) is 13.2 Å². The van der Waals surface area contributed by atoms with Gasteiger partial charge in [-0.15, -0.1) is 0 Å². The third kappa shape index (κ3) is 5.09. The molecule has 0 bridgehead atoms. The molecule has 2 aliphatic heterocycles. The molecule has 3 heterocycles. The van der Waals surface area contributed by atoms with Crippen LogP contribution in [-0.4, -0.2) is 63.8 Å². The fourth-order valence-electron chi connectivity index (χ4n) is 4.05. The largest absolute Gasteiger partial charge is 0.490 e. The van der Waals surface area contributed by atoms with Crippen molar-refractivity contribution in [2.75, 3.05) is 31.1 Å². The summed E-state index contributed by atoms with van der Waals surface area (Å²) in [5.41, 5.74) is 0.430. The van der Waals surface area contributed by atoms with Crippen molar-refractivity contribution in [3.63, 3.8) is 0 Å². The van der Waals surface area contributed by atoms with Crippen LogP contribution in [0.1, 0.15) is 38.5 Å². The molecule has 0 aromatic carbocycles. The molecule has 2 saturated heterocycles. The second-order valence-corrected chi connectivity index (χ2v) is 7.71. The van der Waals surface area contributed by atoms with Crippen LogP contribution in [0.2, 0.25) is 0 Å². The normalized spacial score (nSPS) is 22.1. The Labute approximate surface area is 160 Å². The Hall–Kier alpha value is -1.97. The van der Waals surface area contributed by atoms with Crippen molar-refractivity contribution < 1.29 is 27.5 Å². The Bertz CT molecular complexity index is 671. The van der Waals surface area contributed by atoms with Gasteiger partial charge in [0, 0.05) is 25.2 Å². The van der Waals surface area contributed by atoms with Crippen molar-refractivity contribution in [2.45, 2.75) is 50.2 Å². The predicted molar refractivity (Wildman–Crippen MR) is 93.4 cm³/mol. The molecule has 0 amide bonds. The number of carboxylic acid groups (broad SMARTS) is 1. The quantitative estimate of drug-likeness (QED) is 0.781. The molecule has 1 N–H and O–H groups in total. The van der Waals surface area contributed by atoms with Gasteiger partial charge >= 0.3 is 12.1 Å². The number of aliphatic carboxylic acids is 1. The number of aromatic nitrogens is 2. The average Bonchev–Trinajstić information content (AvgIpc) is 3.38. The summed E-state index contributed by atoms with van der Waals surface area (Å²) in [5.74, 6) is -1.47. The molecular formula is C18H24F4N4O2. The lowest BCUT2D eigenvalue weighted by atomic mass is 9.85. The minimum absolute atomic E-state index is 0.362. The van der Waals surface area contributed by atoms with E-state index in [0.29, 0.717) is 11.5 Å². The molecule has 4 rings (SSSR count). The monoisotopic (exact) mass is 404 g/mol. The summed E-state index contributed by atoms with van der Waals surface area (Å²) in [4.78, 5) is 22.1. The molecule has 0 radical (unpaired) electrons. The first-order valence-electron chi connectivity index (χ1n) is 9.47. The van der Waals surface area contributed by atoms with Crippen LogP contribution in [0.4, 0.5) is 23.5 Å². The Morgan fingerprint density at radius 2 is 1.71 bits per heavy atom. The van der Waals surface area contributed by atoms with Crippen LogP contribution < -0.4 is 4.90 Å². The number of rotatable bonds is 3. The van der Waals surface area contributed by atoms with Gasteiger partial charge in [-0.1, -0.05) is 0 Å². The Balaban J connectivity index is 0.000000279. The summed E-state index contributed by atoms with van der Waals surface area (Å²) in [5, 5.41) is 7.12. The van der Waals surface area contributed by atoms with Crippen LogP contribution >= 0.6 is 0 Å². The average molecular weight is 404 g/mol. The number of anilines is 1. The van der Waals surface area contributed by atoms with E-state index >= 15 is 0 Å². The summed E-state index contributed by atoms with van der Waals surface area (Å²) >= 11 is 0. The number of halogens is 4. The maximum absolute atomic E-state index is 12.9. The van der Waals surface area contributed by atoms with Crippen LogP contribution in [0.15, 0.2) is 12.4 Å². The van der Waals surface area contributed by atoms with Crippen molar-refractivity contribution in [3.05, 3.63) is 18.2 Å². The van der Waals surface area contributed by atoms with Gasteiger partial charge in [-0.05, 0) is 51.0 Å². The van der Waals surface area contributed by atoms with E-state index < -0.39 is 12.1 Å². The maximum atomic E-state index is 12.9. The molecule has 1 aliphatic carbocycles. The van der Waals surface area contributed by atoms with Gasteiger partial charge in [-0.3, -0.25) is 4.90 Å². The predicted octanol–water partition coefficient (Wildman–Crippen LogP) is 3.09.